The molecule has 0 amide bonds. The smallest absolute Gasteiger partial charge is 0.141 e. The van der Waals surface area contributed by atoms with Crippen LogP contribution in [-0.2, 0) is 0 Å². The van der Waals surface area contributed by atoms with Crippen LogP contribution in [0.4, 0.5) is 4.39 Å². The number of benzene rings is 1. The van der Waals surface area contributed by atoms with Gasteiger partial charge in [-0.05, 0) is 62.7 Å². The van der Waals surface area contributed by atoms with E-state index in [0.29, 0.717) is 6.04 Å². The lowest BCUT2D eigenvalue weighted by Gasteiger charge is -2.09. The molecule has 1 aromatic carbocycles. The average Bonchev–Trinajstić information content (AvgIpc) is 2.77. The number of hydrogen-bond donors (Lipinski definition) is 0. The van der Waals surface area contributed by atoms with Crippen molar-refractivity contribution < 1.29 is 4.39 Å². The molecule has 3 rings (SSSR count). The summed E-state index contributed by atoms with van der Waals surface area (Å²) in [6, 6.07) is 10.9. The molecule has 0 N–H and O–H groups in total. The largest absolute Gasteiger partial charge is 0.330 e. The molecule has 2 aromatic heterocycles. The molecule has 0 unspecified atom stereocenters. The molecule has 2 nitrogen and oxygen atoms in total. The molecule has 102 valence electrons. The van der Waals surface area contributed by atoms with E-state index < -0.39 is 0 Å². The minimum Gasteiger partial charge on any atom is -0.330 e. The topological polar surface area (TPSA) is 17.8 Å². The Labute approximate surface area is 117 Å². The Morgan fingerprint density at radius 2 is 1.75 bits per heavy atom. The molecular weight excluding hydrogens is 251 g/mol. The lowest BCUT2D eigenvalue weighted by molar-refractivity contribution is 0.617. The Balaban J connectivity index is 2.19. The van der Waals surface area contributed by atoms with Gasteiger partial charge >= 0.3 is 0 Å². The molecule has 0 bridgehead atoms. The molecule has 0 aliphatic carbocycles. The van der Waals surface area contributed by atoms with Crippen LogP contribution >= 0.6 is 0 Å². The Kier molecular flexibility index (Phi) is 3.05. The van der Waals surface area contributed by atoms with E-state index in [9.17, 15) is 4.39 Å². The number of fused-ring (bicyclic) bond motifs is 1. The van der Waals surface area contributed by atoms with Gasteiger partial charge in [0.1, 0.15) is 11.5 Å². The van der Waals surface area contributed by atoms with Gasteiger partial charge in [0.05, 0.1) is 5.69 Å². The van der Waals surface area contributed by atoms with Gasteiger partial charge < -0.3 is 4.57 Å². The number of aryl methyl sites for hydroxylation is 1. The van der Waals surface area contributed by atoms with Gasteiger partial charge in [-0.2, -0.15) is 0 Å². The number of pyridine rings is 1. The molecule has 0 aliphatic rings. The number of halogens is 1. The fourth-order valence-corrected chi connectivity index (χ4v) is 2.47. The standard InChI is InChI=1S/C17H17FN2/c1-11(2)20-10-12(3)15-8-9-16(19-17(15)20)13-4-6-14(18)7-5-13/h4-11H,1-3H3. The molecular formula is C17H17FN2. The molecule has 0 spiro atoms. The number of aromatic nitrogens is 2. The van der Waals surface area contributed by atoms with Crippen molar-refractivity contribution in [2.45, 2.75) is 26.8 Å². The number of nitrogens with zero attached hydrogens (tertiary/aromatic N) is 2. The van der Waals surface area contributed by atoms with Gasteiger partial charge in [0.2, 0.25) is 0 Å². The lowest BCUT2D eigenvalue weighted by atomic mass is 10.1. The van der Waals surface area contributed by atoms with E-state index in [1.165, 1.54) is 23.1 Å². The molecule has 3 aromatic rings. The maximum atomic E-state index is 13.0. The third-order valence-corrected chi connectivity index (χ3v) is 3.57. The lowest BCUT2D eigenvalue weighted by Crippen LogP contribution is -2.00. The number of hydrogen-bond acceptors (Lipinski definition) is 1. The summed E-state index contributed by atoms with van der Waals surface area (Å²) >= 11 is 0. The highest BCUT2D eigenvalue weighted by Crippen LogP contribution is 2.26. The van der Waals surface area contributed by atoms with E-state index in [1.54, 1.807) is 12.1 Å². The molecule has 0 radical (unpaired) electrons. The summed E-state index contributed by atoms with van der Waals surface area (Å²) in [7, 11) is 0. The first-order chi connectivity index (χ1) is 9.56. The second kappa shape index (κ2) is 4.75. The third-order valence-electron chi connectivity index (χ3n) is 3.57. The van der Waals surface area contributed by atoms with Crippen molar-refractivity contribution in [2.24, 2.45) is 0 Å². The molecule has 0 saturated heterocycles. The van der Waals surface area contributed by atoms with Gasteiger partial charge in [-0.1, -0.05) is 0 Å². The number of rotatable bonds is 2. The minimum absolute atomic E-state index is 0.226. The maximum Gasteiger partial charge on any atom is 0.141 e. The Hall–Kier alpha value is -2.16. The van der Waals surface area contributed by atoms with E-state index in [4.69, 9.17) is 4.98 Å². The summed E-state index contributed by atoms with van der Waals surface area (Å²) < 4.78 is 15.2. The fraction of sp³-hybridized carbons (Fsp3) is 0.235. The zero-order valence-corrected chi connectivity index (χ0v) is 11.9. The quantitative estimate of drug-likeness (QED) is 0.657. The normalized spacial score (nSPS) is 11.4. The van der Waals surface area contributed by atoms with E-state index in [2.05, 4.69) is 37.6 Å². The summed E-state index contributed by atoms with van der Waals surface area (Å²) in [6.45, 7) is 6.39. The highest BCUT2D eigenvalue weighted by atomic mass is 19.1. The average molecular weight is 268 g/mol. The van der Waals surface area contributed by atoms with Crippen molar-refractivity contribution in [3.63, 3.8) is 0 Å². The SMILES string of the molecule is Cc1cn(C(C)C)c2nc(-c3ccc(F)cc3)ccc12. The highest BCUT2D eigenvalue weighted by molar-refractivity contribution is 5.83. The Morgan fingerprint density at radius 3 is 2.40 bits per heavy atom. The van der Waals surface area contributed by atoms with Gasteiger partial charge in [0, 0.05) is 23.2 Å². The van der Waals surface area contributed by atoms with E-state index in [0.717, 1.165) is 16.9 Å². The van der Waals surface area contributed by atoms with E-state index in [-0.39, 0.29) is 5.82 Å². The summed E-state index contributed by atoms with van der Waals surface area (Å²) in [4.78, 5) is 4.76. The first-order valence-corrected chi connectivity index (χ1v) is 6.80. The third kappa shape index (κ3) is 2.09. The highest BCUT2D eigenvalue weighted by Gasteiger charge is 2.10. The second-order valence-electron chi connectivity index (χ2n) is 5.39. The van der Waals surface area contributed by atoms with Crippen LogP contribution in [0.3, 0.4) is 0 Å². The van der Waals surface area contributed by atoms with Crippen LogP contribution in [0.1, 0.15) is 25.5 Å². The summed E-state index contributed by atoms with van der Waals surface area (Å²) in [5.74, 6) is -0.226. The van der Waals surface area contributed by atoms with Gasteiger partial charge in [-0.25, -0.2) is 9.37 Å². The molecule has 0 saturated carbocycles. The first kappa shape index (κ1) is 12.9. The molecule has 3 heteroatoms. The zero-order chi connectivity index (χ0) is 14.3. The first-order valence-electron chi connectivity index (χ1n) is 6.80. The predicted octanol–water partition coefficient (Wildman–Crippen LogP) is 4.73. The van der Waals surface area contributed by atoms with Gasteiger partial charge in [-0.15, -0.1) is 0 Å². The Morgan fingerprint density at radius 1 is 1.05 bits per heavy atom. The predicted molar refractivity (Wildman–Crippen MR) is 80.2 cm³/mol. The van der Waals surface area contributed by atoms with Crippen molar-refractivity contribution in [2.75, 3.05) is 0 Å². The van der Waals surface area contributed by atoms with Gasteiger partial charge in [0.15, 0.2) is 0 Å². The second-order valence-corrected chi connectivity index (χ2v) is 5.39. The summed E-state index contributed by atoms with van der Waals surface area (Å²) in [6.07, 6.45) is 2.14. The monoisotopic (exact) mass is 268 g/mol. The zero-order valence-electron chi connectivity index (χ0n) is 11.9. The van der Waals surface area contributed by atoms with Crippen molar-refractivity contribution in [1.82, 2.24) is 9.55 Å². The van der Waals surface area contributed by atoms with E-state index in [1.807, 2.05) is 6.07 Å². The van der Waals surface area contributed by atoms with Crippen LogP contribution in [0, 0.1) is 12.7 Å². The van der Waals surface area contributed by atoms with Gasteiger partial charge in [-0.3, -0.25) is 0 Å². The van der Waals surface area contributed by atoms with Crippen LogP contribution < -0.4 is 0 Å². The Bertz CT molecular complexity index is 755. The molecule has 0 atom stereocenters. The maximum absolute atomic E-state index is 13.0. The van der Waals surface area contributed by atoms with Crippen molar-refractivity contribution in [1.29, 1.82) is 0 Å². The van der Waals surface area contributed by atoms with Crippen molar-refractivity contribution >= 4 is 11.0 Å². The van der Waals surface area contributed by atoms with Crippen LogP contribution in [0.15, 0.2) is 42.6 Å². The van der Waals surface area contributed by atoms with Crippen LogP contribution in [0.5, 0.6) is 0 Å². The van der Waals surface area contributed by atoms with Gasteiger partial charge in [0.25, 0.3) is 0 Å². The molecule has 0 aliphatic heterocycles. The van der Waals surface area contributed by atoms with Crippen LogP contribution in [0.2, 0.25) is 0 Å². The van der Waals surface area contributed by atoms with Crippen molar-refractivity contribution in [3.8, 4) is 11.3 Å². The van der Waals surface area contributed by atoms with Crippen LogP contribution in [-0.4, -0.2) is 9.55 Å². The summed E-state index contributed by atoms with van der Waals surface area (Å²) in [5, 5.41) is 1.17. The summed E-state index contributed by atoms with van der Waals surface area (Å²) in [5.41, 5.74) is 4.02. The van der Waals surface area contributed by atoms with E-state index >= 15 is 0 Å². The minimum atomic E-state index is -0.226. The fourth-order valence-electron chi connectivity index (χ4n) is 2.47. The molecule has 20 heavy (non-hydrogen) atoms. The van der Waals surface area contributed by atoms with Crippen molar-refractivity contribution in [3.05, 3.63) is 54.0 Å². The molecule has 2 heterocycles. The van der Waals surface area contributed by atoms with Crippen LogP contribution in [0.25, 0.3) is 22.3 Å². The molecule has 0 fully saturated rings.